The number of rotatable bonds is 5. The maximum absolute atomic E-state index is 12.3. The van der Waals surface area contributed by atoms with Gasteiger partial charge in [-0.05, 0) is 51.4 Å². The molecule has 1 amide bonds. The number of aromatic nitrogens is 1. The lowest BCUT2D eigenvalue weighted by molar-refractivity contribution is 0.0510. The molecule has 6 heteroatoms. The topological polar surface area (TPSA) is 66.1 Å². The van der Waals surface area contributed by atoms with Crippen molar-refractivity contribution in [3.05, 3.63) is 23.0 Å². The molecule has 0 aromatic carbocycles. The smallest absolute Gasteiger partial charge is 0.267 e. The van der Waals surface area contributed by atoms with E-state index in [4.69, 9.17) is 4.74 Å². The summed E-state index contributed by atoms with van der Waals surface area (Å²) in [6, 6.07) is 1.99. The first-order valence-electron chi connectivity index (χ1n) is 7.20. The summed E-state index contributed by atoms with van der Waals surface area (Å²) in [6.07, 6.45) is 2.06. The van der Waals surface area contributed by atoms with Crippen LogP contribution >= 0.6 is 12.4 Å². The van der Waals surface area contributed by atoms with Gasteiger partial charge in [0.1, 0.15) is 5.69 Å². The zero-order valence-corrected chi connectivity index (χ0v) is 13.9. The highest BCUT2D eigenvalue weighted by molar-refractivity contribution is 5.94. The minimum absolute atomic E-state index is 0. The maximum atomic E-state index is 12.3. The highest BCUT2D eigenvalue weighted by Crippen LogP contribution is 2.28. The van der Waals surface area contributed by atoms with Crippen LogP contribution in [-0.2, 0) is 4.74 Å². The van der Waals surface area contributed by atoms with Crippen molar-refractivity contribution in [1.29, 1.82) is 0 Å². The van der Waals surface area contributed by atoms with E-state index in [9.17, 15) is 4.79 Å². The van der Waals surface area contributed by atoms with Crippen LogP contribution in [0, 0.1) is 19.3 Å². The number of methoxy groups -OCH3 is 1. The van der Waals surface area contributed by atoms with Crippen LogP contribution in [0.25, 0.3) is 0 Å². The number of H-pyrrole nitrogens is 1. The summed E-state index contributed by atoms with van der Waals surface area (Å²) in [5, 5.41) is 6.43. The van der Waals surface area contributed by atoms with Gasteiger partial charge >= 0.3 is 0 Å². The zero-order valence-electron chi connectivity index (χ0n) is 13.0. The highest BCUT2D eigenvalue weighted by atomic mass is 35.5. The molecule has 5 nitrogen and oxygen atoms in total. The van der Waals surface area contributed by atoms with E-state index in [1.807, 2.05) is 19.9 Å². The van der Waals surface area contributed by atoms with Gasteiger partial charge < -0.3 is 20.4 Å². The largest absolute Gasteiger partial charge is 0.384 e. The Morgan fingerprint density at radius 3 is 2.57 bits per heavy atom. The van der Waals surface area contributed by atoms with Crippen molar-refractivity contribution in [3.63, 3.8) is 0 Å². The molecule has 120 valence electrons. The fraction of sp³-hybridized carbons (Fsp3) is 0.667. The van der Waals surface area contributed by atoms with Gasteiger partial charge in [-0.25, -0.2) is 0 Å². The first-order valence-corrected chi connectivity index (χ1v) is 7.20. The van der Waals surface area contributed by atoms with Crippen molar-refractivity contribution in [2.75, 3.05) is 33.4 Å². The van der Waals surface area contributed by atoms with Crippen molar-refractivity contribution in [2.24, 2.45) is 5.41 Å². The Kier molecular flexibility index (Phi) is 6.71. The molecule has 2 rings (SSSR count). The number of piperidine rings is 1. The van der Waals surface area contributed by atoms with Crippen molar-refractivity contribution in [1.82, 2.24) is 15.6 Å². The predicted octanol–water partition coefficient (Wildman–Crippen LogP) is 1.80. The monoisotopic (exact) mass is 315 g/mol. The molecular formula is C15H26ClN3O2. The quantitative estimate of drug-likeness (QED) is 0.776. The van der Waals surface area contributed by atoms with E-state index < -0.39 is 0 Å². The molecule has 0 aliphatic carbocycles. The maximum Gasteiger partial charge on any atom is 0.267 e. The summed E-state index contributed by atoms with van der Waals surface area (Å²) in [6.45, 7) is 7.24. The molecule has 0 atom stereocenters. The molecule has 0 bridgehead atoms. The Hall–Kier alpha value is -1.04. The van der Waals surface area contributed by atoms with Crippen LogP contribution in [0.3, 0.4) is 0 Å². The Morgan fingerprint density at radius 2 is 2.05 bits per heavy atom. The summed E-state index contributed by atoms with van der Waals surface area (Å²) < 4.78 is 5.36. The van der Waals surface area contributed by atoms with Gasteiger partial charge in [0.05, 0.1) is 6.61 Å². The Balaban J connectivity index is 0.00000220. The highest BCUT2D eigenvalue weighted by Gasteiger charge is 2.32. The number of hydrogen-bond donors (Lipinski definition) is 3. The normalized spacial score (nSPS) is 17.1. The lowest BCUT2D eigenvalue weighted by atomic mass is 9.79. The lowest BCUT2D eigenvalue weighted by Crippen LogP contribution is -2.47. The van der Waals surface area contributed by atoms with Crippen LogP contribution < -0.4 is 10.6 Å². The van der Waals surface area contributed by atoms with E-state index in [0.29, 0.717) is 18.8 Å². The van der Waals surface area contributed by atoms with Crippen LogP contribution in [0.15, 0.2) is 6.07 Å². The standard InChI is InChI=1S/C15H25N3O2.ClH/c1-11-8-12(2)18-13(11)14(19)17-9-15(10-20-3)4-6-16-7-5-15;/h8,16,18H,4-7,9-10H2,1-3H3,(H,17,19);1H. The molecule has 1 aliphatic rings. The molecule has 1 aromatic rings. The number of aryl methyl sites for hydroxylation is 2. The molecule has 1 aromatic heterocycles. The van der Waals surface area contributed by atoms with Crippen LogP contribution in [0.1, 0.15) is 34.6 Å². The van der Waals surface area contributed by atoms with Crippen LogP contribution in [0.2, 0.25) is 0 Å². The van der Waals surface area contributed by atoms with Gasteiger partial charge in [-0.15, -0.1) is 12.4 Å². The van der Waals surface area contributed by atoms with Gasteiger partial charge in [-0.2, -0.15) is 0 Å². The number of carbonyl (C=O) groups excluding carboxylic acids is 1. The molecule has 0 spiro atoms. The molecule has 0 saturated carbocycles. The summed E-state index contributed by atoms with van der Waals surface area (Å²) in [5.74, 6) is -0.0235. The van der Waals surface area contributed by atoms with Crippen LogP contribution in [0.4, 0.5) is 0 Å². The third kappa shape index (κ3) is 4.46. The van der Waals surface area contributed by atoms with Gasteiger partial charge in [0, 0.05) is 24.8 Å². The summed E-state index contributed by atoms with van der Waals surface area (Å²) in [5.41, 5.74) is 2.74. The average Bonchev–Trinajstić information content (AvgIpc) is 2.77. The van der Waals surface area contributed by atoms with Crippen molar-refractivity contribution in [3.8, 4) is 0 Å². The van der Waals surface area contributed by atoms with Crippen LogP contribution in [-0.4, -0.2) is 44.2 Å². The first kappa shape index (κ1) is 18.0. The predicted molar refractivity (Wildman–Crippen MR) is 86.3 cm³/mol. The average molecular weight is 316 g/mol. The minimum atomic E-state index is -0.0235. The third-order valence-corrected chi connectivity index (χ3v) is 4.12. The van der Waals surface area contributed by atoms with Crippen molar-refractivity contribution < 1.29 is 9.53 Å². The van der Waals surface area contributed by atoms with Gasteiger partial charge in [0.15, 0.2) is 0 Å². The molecule has 3 N–H and O–H groups in total. The number of halogens is 1. The molecule has 0 radical (unpaired) electrons. The SMILES string of the molecule is COCC1(CNC(=O)c2[nH]c(C)cc2C)CCNCC1.Cl. The summed E-state index contributed by atoms with van der Waals surface area (Å²) >= 11 is 0. The van der Waals surface area contributed by atoms with E-state index in [2.05, 4.69) is 15.6 Å². The lowest BCUT2D eigenvalue weighted by Gasteiger charge is -2.37. The minimum Gasteiger partial charge on any atom is -0.384 e. The van der Waals surface area contributed by atoms with Gasteiger partial charge in [0.2, 0.25) is 0 Å². The third-order valence-electron chi connectivity index (χ3n) is 4.12. The molecular weight excluding hydrogens is 290 g/mol. The molecule has 2 heterocycles. The second-order valence-corrected chi connectivity index (χ2v) is 5.88. The Bertz CT molecular complexity index is 462. The zero-order chi connectivity index (χ0) is 14.6. The number of amides is 1. The van der Waals surface area contributed by atoms with E-state index in [1.165, 1.54) is 0 Å². The molecule has 1 fully saturated rings. The number of carbonyl (C=O) groups is 1. The number of aromatic amines is 1. The summed E-state index contributed by atoms with van der Waals surface area (Å²) in [4.78, 5) is 15.4. The molecule has 1 aliphatic heterocycles. The van der Waals surface area contributed by atoms with Crippen molar-refractivity contribution in [2.45, 2.75) is 26.7 Å². The number of nitrogens with one attached hydrogen (secondary N) is 3. The van der Waals surface area contributed by atoms with Gasteiger partial charge in [0.25, 0.3) is 5.91 Å². The molecule has 21 heavy (non-hydrogen) atoms. The number of ether oxygens (including phenoxy) is 1. The Morgan fingerprint density at radius 1 is 1.38 bits per heavy atom. The fourth-order valence-electron chi connectivity index (χ4n) is 2.96. The fourth-order valence-corrected chi connectivity index (χ4v) is 2.96. The van der Waals surface area contributed by atoms with E-state index in [0.717, 1.165) is 37.2 Å². The van der Waals surface area contributed by atoms with E-state index in [-0.39, 0.29) is 23.7 Å². The second kappa shape index (κ2) is 7.82. The number of hydrogen-bond acceptors (Lipinski definition) is 3. The second-order valence-electron chi connectivity index (χ2n) is 5.88. The van der Waals surface area contributed by atoms with Gasteiger partial charge in [-0.3, -0.25) is 4.79 Å². The summed E-state index contributed by atoms with van der Waals surface area (Å²) in [7, 11) is 1.73. The van der Waals surface area contributed by atoms with E-state index in [1.54, 1.807) is 7.11 Å². The first-order chi connectivity index (χ1) is 9.56. The molecule has 1 saturated heterocycles. The van der Waals surface area contributed by atoms with Crippen LogP contribution in [0.5, 0.6) is 0 Å². The molecule has 0 unspecified atom stereocenters. The van der Waals surface area contributed by atoms with Crippen molar-refractivity contribution >= 4 is 18.3 Å². The Labute approximate surface area is 132 Å². The van der Waals surface area contributed by atoms with E-state index >= 15 is 0 Å². The van der Waals surface area contributed by atoms with Gasteiger partial charge in [-0.1, -0.05) is 0 Å².